The molecule has 0 saturated carbocycles. The summed E-state index contributed by atoms with van der Waals surface area (Å²) >= 11 is 0. The lowest BCUT2D eigenvalue weighted by Crippen LogP contribution is -2.11. The molecule has 0 atom stereocenters. The first-order valence-electron chi connectivity index (χ1n) is 5.48. The molecule has 0 saturated heterocycles. The normalized spacial score (nSPS) is 12.0. The van der Waals surface area contributed by atoms with Gasteiger partial charge in [-0.3, -0.25) is 0 Å². The third-order valence-electron chi connectivity index (χ3n) is 2.93. The first kappa shape index (κ1) is 10.2. The summed E-state index contributed by atoms with van der Waals surface area (Å²) < 4.78 is 0. The van der Waals surface area contributed by atoms with Crippen molar-refractivity contribution in [2.75, 3.05) is 0 Å². The van der Waals surface area contributed by atoms with Crippen molar-refractivity contribution < 1.29 is 0 Å². The molecule has 0 aliphatic heterocycles. The number of rotatable bonds is 0. The Labute approximate surface area is 92.3 Å². The van der Waals surface area contributed by atoms with Crippen molar-refractivity contribution in [1.82, 2.24) is 0 Å². The second-order valence-electron chi connectivity index (χ2n) is 5.26. The average Bonchev–Trinajstić information content (AvgIpc) is 2.50. The number of aryl methyl sites for hydroxylation is 1. The average molecular weight is 198 g/mol. The topological polar surface area (TPSA) is 0 Å². The molecule has 0 radical (unpaired) electrons. The quantitative estimate of drug-likeness (QED) is 0.588. The number of fused-ring (bicyclic) bond motifs is 1. The minimum atomic E-state index is 0.216. The van der Waals surface area contributed by atoms with Gasteiger partial charge in [-0.05, 0) is 34.6 Å². The summed E-state index contributed by atoms with van der Waals surface area (Å²) in [5.74, 6) is 0. The number of hydrogen-bond donors (Lipinski definition) is 0. The Hall–Kier alpha value is -1.30. The van der Waals surface area contributed by atoms with Gasteiger partial charge in [-0.2, -0.15) is 0 Å². The largest absolute Gasteiger partial charge is 0.0610 e. The van der Waals surface area contributed by atoms with E-state index >= 15 is 0 Å². The van der Waals surface area contributed by atoms with Crippen molar-refractivity contribution in [2.24, 2.45) is 0 Å². The van der Waals surface area contributed by atoms with Crippen LogP contribution < -0.4 is 0 Å². The van der Waals surface area contributed by atoms with Gasteiger partial charge >= 0.3 is 0 Å². The predicted molar refractivity (Wildman–Crippen MR) is 66.5 cm³/mol. The summed E-state index contributed by atoms with van der Waals surface area (Å²) in [5.41, 5.74) is 5.69. The molecule has 0 fully saturated rings. The first-order chi connectivity index (χ1) is 6.98. The first-order valence-corrected chi connectivity index (χ1v) is 5.48. The van der Waals surface area contributed by atoms with E-state index in [1.807, 2.05) is 0 Å². The molecule has 0 N–H and O–H groups in total. The summed E-state index contributed by atoms with van der Waals surface area (Å²) in [6.07, 6.45) is 0. The Morgan fingerprint density at radius 1 is 0.867 bits per heavy atom. The zero-order chi connectivity index (χ0) is 11.1. The van der Waals surface area contributed by atoms with Crippen LogP contribution in [-0.2, 0) is 5.41 Å². The summed E-state index contributed by atoms with van der Waals surface area (Å²) in [6.45, 7) is 9.00. The molecular formula is C15H18. The van der Waals surface area contributed by atoms with Crippen LogP contribution in [0.3, 0.4) is 0 Å². The van der Waals surface area contributed by atoms with Gasteiger partial charge in [0.25, 0.3) is 0 Å². The second-order valence-corrected chi connectivity index (χ2v) is 5.26. The van der Waals surface area contributed by atoms with Crippen LogP contribution in [0.4, 0.5) is 0 Å². The van der Waals surface area contributed by atoms with Gasteiger partial charge in [-0.1, -0.05) is 57.2 Å². The van der Waals surface area contributed by atoms with Crippen molar-refractivity contribution in [3.63, 3.8) is 0 Å². The van der Waals surface area contributed by atoms with Crippen molar-refractivity contribution >= 4 is 0 Å². The van der Waals surface area contributed by atoms with E-state index in [-0.39, 0.29) is 5.41 Å². The highest BCUT2D eigenvalue weighted by molar-refractivity contribution is 5.67. The molecule has 15 heavy (non-hydrogen) atoms. The minimum absolute atomic E-state index is 0.216. The molecule has 0 heteroatoms. The maximum absolute atomic E-state index is 2.32. The lowest BCUT2D eigenvalue weighted by atomic mass is 9.85. The fourth-order valence-corrected chi connectivity index (χ4v) is 2.11. The lowest BCUT2D eigenvalue weighted by Gasteiger charge is -2.20. The number of hydrogen-bond acceptors (Lipinski definition) is 0. The Morgan fingerprint density at radius 3 is 2.20 bits per heavy atom. The van der Waals surface area contributed by atoms with Gasteiger partial charge in [0.15, 0.2) is 0 Å². The van der Waals surface area contributed by atoms with E-state index in [2.05, 4.69) is 64.1 Å². The van der Waals surface area contributed by atoms with Crippen LogP contribution in [-0.4, -0.2) is 0 Å². The maximum atomic E-state index is 2.32. The predicted octanol–water partition coefficient (Wildman–Crippen LogP) is 4.40. The van der Waals surface area contributed by atoms with Crippen molar-refractivity contribution in [3.05, 3.63) is 47.5 Å². The molecule has 0 nitrogen and oxygen atoms in total. The summed E-state index contributed by atoms with van der Waals surface area (Å²) in [6, 6.07) is 13.2. The van der Waals surface area contributed by atoms with Crippen molar-refractivity contribution in [1.29, 1.82) is 0 Å². The molecule has 2 aliphatic rings. The fraction of sp³-hybridized carbons (Fsp3) is 0.333. The molecule has 0 spiro atoms. The highest BCUT2D eigenvalue weighted by atomic mass is 14.2. The molecule has 2 rings (SSSR count). The van der Waals surface area contributed by atoms with Crippen LogP contribution in [0, 0.1) is 6.92 Å². The van der Waals surface area contributed by atoms with Gasteiger partial charge in [0.05, 0.1) is 0 Å². The van der Waals surface area contributed by atoms with Crippen LogP contribution >= 0.6 is 0 Å². The molecule has 0 bridgehead atoms. The monoisotopic (exact) mass is 198 g/mol. The van der Waals surface area contributed by atoms with Crippen LogP contribution in [0.25, 0.3) is 11.1 Å². The molecule has 0 unspecified atom stereocenters. The summed E-state index contributed by atoms with van der Waals surface area (Å²) in [5, 5.41) is 0. The molecule has 0 aromatic heterocycles. The van der Waals surface area contributed by atoms with Gasteiger partial charge in [-0.25, -0.2) is 0 Å². The smallest absolute Gasteiger partial charge is 0.0129 e. The Morgan fingerprint density at radius 2 is 1.53 bits per heavy atom. The van der Waals surface area contributed by atoms with Gasteiger partial charge in [0.2, 0.25) is 0 Å². The van der Waals surface area contributed by atoms with Crippen molar-refractivity contribution in [3.8, 4) is 11.1 Å². The standard InChI is InChI=1S/C15H18/c1-11-8-9-12-6-5-7-13(12)10-14(11)15(2,3)4/h5-10H,1-4H3. The summed E-state index contributed by atoms with van der Waals surface area (Å²) in [7, 11) is 0. The van der Waals surface area contributed by atoms with E-state index in [0.29, 0.717) is 0 Å². The minimum Gasteiger partial charge on any atom is -0.0610 e. The van der Waals surface area contributed by atoms with Gasteiger partial charge in [-0.15, -0.1) is 0 Å². The van der Waals surface area contributed by atoms with E-state index in [1.165, 1.54) is 22.3 Å². The fourth-order valence-electron chi connectivity index (χ4n) is 2.11. The van der Waals surface area contributed by atoms with E-state index in [0.717, 1.165) is 0 Å². The third-order valence-corrected chi connectivity index (χ3v) is 2.93. The van der Waals surface area contributed by atoms with E-state index in [9.17, 15) is 0 Å². The Bertz CT molecular complexity index is 446. The van der Waals surface area contributed by atoms with Crippen LogP contribution in [0.1, 0.15) is 31.9 Å². The molecular weight excluding hydrogens is 180 g/mol. The van der Waals surface area contributed by atoms with Crippen LogP contribution in [0.15, 0.2) is 36.4 Å². The molecule has 0 aromatic rings. The molecule has 78 valence electrons. The zero-order valence-electron chi connectivity index (χ0n) is 9.96. The summed E-state index contributed by atoms with van der Waals surface area (Å²) in [4.78, 5) is 0. The highest BCUT2D eigenvalue weighted by Gasteiger charge is 2.16. The molecule has 0 amide bonds. The highest BCUT2D eigenvalue weighted by Crippen LogP contribution is 2.30. The van der Waals surface area contributed by atoms with E-state index in [1.54, 1.807) is 0 Å². The third kappa shape index (κ3) is 1.90. The second kappa shape index (κ2) is 3.37. The van der Waals surface area contributed by atoms with Crippen LogP contribution in [0.2, 0.25) is 0 Å². The molecule has 0 aromatic carbocycles. The molecule has 0 heterocycles. The zero-order valence-corrected chi connectivity index (χ0v) is 9.96. The van der Waals surface area contributed by atoms with Crippen molar-refractivity contribution in [2.45, 2.75) is 33.1 Å². The van der Waals surface area contributed by atoms with Gasteiger partial charge in [0, 0.05) is 0 Å². The lowest BCUT2D eigenvalue weighted by molar-refractivity contribution is 0.587. The van der Waals surface area contributed by atoms with Gasteiger partial charge in [0.1, 0.15) is 0 Å². The van der Waals surface area contributed by atoms with Crippen LogP contribution in [0.5, 0.6) is 0 Å². The van der Waals surface area contributed by atoms with E-state index in [4.69, 9.17) is 0 Å². The Kier molecular flexibility index (Phi) is 2.30. The molecule has 2 aliphatic carbocycles. The Balaban J connectivity index is 2.70. The van der Waals surface area contributed by atoms with E-state index < -0.39 is 0 Å². The van der Waals surface area contributed by atoms with Gasteiger partial charge < -0.3 is 0 Å². The maximum Gasteiger partial charge on any atom is -0.0129 e. The SMILES string of the molecule is Cc1ccc2cccc-2cc1C(C)(C)C.